The van der Waals surface area contributed by atoms with Crippen LogP contribution in [-0.2, 0) is 6.54 Å². The van der Waals surface area contributed by atoms with E-state index in [-0.39, 0.29) is 11.4 Å². The van der Waals surface area contributed by atoms with Crippen LogP contribution in [0.3, 0.4) is 0 Å². The van der Waals surface area contributed by atoms with E-state index in [4.69, 9.17) is 9.47 Å². The zero-order chi connectivity index (χ0) is 22.8. The SMILES string of the molecule is CN=c1ncc2cc(Oc3ccc(NC(=O)Oc4ccccc4)cc3F)c3n(c-2n1)CCN3. The first kappa shape index (κ1) is 20.4. The molecule has 0 spiro atoms. The van der Waals surface area contributed by atoms with Gasteiger partial charge in [-0.05, 0) is 30.3 Å². The highest BCUT2D eigenvalue weighted by atomic mass is 19.1. The molecule has 0 fully saturated rings. The van der Waals surface area contributed by atoms with Crippen molar-refractivity contribution >= 4 is 17.6 Å². The molecule has 2 aromatic rings. The van der Waals surface area contributed by atoms with Gasteiger partial charge in [-0.25, -0.2) is 14.2 Å². The first-order valence-electron chi connectivity index (χ1n) is 10.2. The average Bonchev–Trinajstić information content (AvgIpc) is 3.32. The van der Waals surface area contributed by atoms with E-state index in [0.717, 1.165) is 11.4 Å². The van der Waals surface area contributed by atoms with E-state index in [9.17, 15) is 9.18 Å². The Kier molecular flexibility index (Phi) is 5.31. The summed E-state index contributed by atoms with van der Waals surface area (Å²) in [4.78, 5) is 24.7. The molecule has 9 nitrogen and oxygen atoms in total. The van der Waals surface area contributed by atoms with Gasteiger partial charge in [0.2, 0.25) is 5.62 Å². The molecular weight excluding hydrogens is 427 g/mol. The number of benzene rings is 2. The minimum absolute atomic E-state index is 0.00826. The van der Waals surface area contributed by atoms with Gasteiger partial charge < -0.3 is 19.4 Å². The van der Waals surface area contributed by atoms with E-state index in [1.54, 1.807) is 43.6 Å². The fourth-order valence-electron chi connectivity index (χ4n) is 3.53. The van der Waals surface area contributed by atoms with E-state index in [0.29, 0.717) is 36.0 Å². The number of ether oxygens (including phenoxy) is 2. The van der Waals surface area contributed by atoms with Crippen molar-refractivity contribution in [2.24, 2.45) is 4.99 Å². The van der Waals surface area contributed by atoms with Crippen molar-refractivity contribution in [1.29, 1.82) is 0 Å². The molecule has 1 amide bonds. The van der Waals surface area contributed by atoms with Crippen LogP contribution in [0.4, 0.5) is 20.7 Å². The van der Waals surface area contributed by atoms with Crippen molar-refractivity contribution in [3.05, 3.63) is 72.2 Å². The van der Waals surface area contributed by atoms with Crippen LogP contribution in [0.15, 0.2) is 65.8 Å². The Bertz CT molecular complexity index is 1370. The predicted octanol–water partition coefficient (Wildman–Crippen LogP) is 3.88. The number of hydrogen-bond acceptors (Lipinski definition) is 7. The van der Waals surface area contributed by atoms with Crippen molar-refractivity contribution in [1.82, 2.24) is 14.5 Å². The van der Waals surface area contributed by atoms with Crippen LogP contribution >= 0.6 is 0 Å². The highest BCUT2D eigenvalue weighted by Crippen LogP contribution is 2.38. The number of fused-ring (bicyclic) bond motifs is 3. The molecule has 3 aliphatic heterocycles. The van der Waals surface area contributed by atoms with Crippen LogP contribution in [0.1, 0.15) is 0 Å². The number of aromatic nitrogens is 3. The summed E-state index contributed by atoms with van der Waals surface area (Å²) in [6.45, 7) is 1.37. The summed E-state index contributed by atoms with van der Waals surface area (Å²) in [6, 6.07) is 14.5. The van der Waals surface area contributed by atoms with Gasteiger partial charge >= 0.3 is 6.09 Å². The number of nitrogens with one attached hydrogen (secondary N) is 2. The van der Waals surface area contributed by atoms with Crippen LogP contribution in [-0.4, -0.2) is 34.2 Å². The monoisotopic (exact) mass is 446 g/mol. The molecule has 0 bridgehead atoms. The van der Waals surface area contributed by atoms with E-state index in [2.05, 4.69) is 25.6 Å². The van der Waals surface area contributed by atoms with Gasteiger partial charge in [-0.1, -0.05) is 18.2 Å². The van der Waals surface area contributed by atoms with E-state index < -0.39 is 11.9 Å². The van der Waals surface area contributed by atoms with Crippen LogP contribution in [0, 0.1) is 5.82 Å². The predicted molar refractivity (Wildman–Crippen MR) is 119 cm³/mol. The molecule has 166 valence electrons. The number of rotatable bonds is 4. The van der Waals surface area contributed by atoms with Gasteiger partial charge in [-0.3, -0.25) is 10.3 Å². The Morgan fingerprint density at radius 2 is 2.03 bits per heavy atom. The molecule has 10 heteroatoms. The maximum Gasteiger partial charge on any atom is 0.417 e. The molecule has 2 N–H and O–H groups in total. The van der Waals surface area contributed by atoms with E-state index in [1.807, 2.05) is 10.6 Å². The largest absolute Gasteiger partial charge is 0.450 e. The molecule has 0 saturated carbocycles. The first-order chi connectivity index (χ1) is 16.1. The molecule has 0 unspecified atom stereocenters. The van der Waals surface area contributed by atoms with Crippen molar-refractivity contribution in [3.8, 4) is 28.6 Å². The second-order valence-corrected chi connectivity index (χ2v) is 7.18. The number of hydrogen-bond donors (Lipinski definition) is 2. The lowest BCUT2D eigenvalue weighted by molar-refractivity contribution is 0.215. The summed E-state index contributed by atoms with van der Waals surface area (Å²) in [7, 11) is 1.63. The summed E-state index contributed by atoms with van der Waals surface area (Å²) < 4.78 is 27.8. The lowest BCUT2D eigenvalue weighted by atomic mass is 10.2. The molecule has 0 aliphatic carbocycles. The van der Waals surface area contributed by atoms with Crippen molar-refractivity contribution < 1.29 is 18.7 Å². The quantitative estimate of drug-likeness (QED) is 0.493. The number of para-hydroxylation sites is 1. The average molecular weight is 446 g/mol. The summed E-state index contributed by atoms with van der Waals surface area (Å²) in [5.74, 6) is 1.60. The first-order valence-corrected chi connectivity index (χ1v) is 10.2. The van der Waals surface area contributed by atoms with Gasteiger partial charge in [0.15, 0.2) is 23.1 Å². The number of carbonyl (C=O) groups excluding carboxylic acids is 1. The summed E-state index contributed by atoms with van der Waals surface area (Å²) >= 11 is 0. The van der Waals surface area contributed by atoms with Gasteiger partial charge in [0.25, 0.3) is 0 Å². The number of anilines is 2. The zero-order valence-electron chi connectivity index (χ0n) is 17.6. The molecular formula is C23H19FN6O3. The Morgan fingerprint density at radius 3 is 2.82 bits per heavy atom. The normalized spacial score (nSPS) is 12.8. The highest BCUT2D eigenvalue weighted by molar-refractivity contribution is 5.86. The highest BCUT2D eigenvalue weighted by Gasteiger charge is 2.23. The van der Waals surface area contributed by atoms with E-state index >= 15 is 0 Å². The van der Waals surface area contributed by atoms with Gasteiger partial charge in [0, 0.05) is 43.7 Å². The summed E-state index contributed by atoms with van der Waals surface area (Å²) in [6.07, 6.45) is 0.936. The maximum atomic E-state index is 14.8. The summed E-state index contributed by atoms with van der Waals surface area (Å²) in [5, 5.41) is 5.75. The molecule has 3 aliphatic rings. The number of halogens is 1. The van der Waals surface area contributed by atoms with Crippen LogP contribution in [0.25, 0.3) is 11.4 Å². The zero-order valence-corrected chi connectivity index (χ0v) is 17.6. The van der Waals surface area contributed by atoms with Gasteiger partial charge in [-0.2, -0.15) is 4.98 Å². The number of amides is 1. The van der Waals surface area contributed by atoms with Crippen LogP contribution in [0.2, 0.25) is 0 Å². The fourth-order valence-corrected chi connectivity index (χ4v) is 3.53. The molecule has 2 aromatic carbocycles. The second kappa shape index (κ2) is 8.58. The standard InChI is InChI=1S/C23H19FN6O3/c1-25-22-27-13-14-11-19(21-26-9-10-30(21)20(14)29-22)33-18-8-7-15(12-17(18)24)28-23(31)32-16-5-3-2-4-6-16/h2-8,11-13,26H,9-10H2,1H3,(H,28,31). The Balaban J connectivity index is 1.38. The molecule has 0 saturated heterocycles. The topological polar surface area (TPSA) is 103 Å². The van der Waals surface area contributed by atoms with Gasteiger partial charge in [0.05, 0.1) is 0 Å². The third-order valence-electron chi connectivity index (χ3n) is 5.01. The smallest absolute Gasteiger partial charge is 0.417 e. The van der Waals surface area contributed by atoms with E-state index in [1.165, 1.54) is 18.2 Å². The Hall–Kier alpha value is -4.47. The fraction of sp³-hybridized carbons (Fsp3) is 0.130. The van der Waals surface area contributed by atoms with Crippen LogP contribution in [0.5, 0.6) is 17.2 Å². The number of carbonyl (C=O) groups is 1. The maximum absolute atomic E-state index is 14.8. The Morgan fingerprint density at radius 1 is 1.18 bits per heavy atom. The number of nitrogens with zero attached hydrogens (tertiary/aromatic N) is 4. The van der Waals surface area contributed by atoms with Crippen molar-refractivity contribution in [3.63, 3.8) is 0 Å². The van der Waals surface area contributed by atoms with Gasteiger partial charge in [0.1, 0.15) is 11.6 Å². The van der Waals surface area contributed by atoms with Gasteiger partial charge in [-0.15, -0.1) is 0 Å². The molecule has 5 rings (SSSR count). The molecule has 3 heterocycles. The van der Waals surface area contributed by atoms with Crippen molar-refractivity contribution in [2.45, 2.75) is 6.54 Å². The molecule has 0 atom stereocenters. The number of pyridine rings is 1. The summed E-state index contributed by atoms with van der Waals surface area (Å²) in [5.41, 5.74) is 1.37. The minimum atomic E-state index is -0.722. The lowest BCUT2D eigenvalue weighted by Gasteiger charge is -2.17. The van der Waals surface area contributed by atoms with Crippen molar-refractivity contribution in [2.75, 3.05) is 24.2 Å². The molecule has 0 radical (unpaired) electrons. The minimum Gasteiger partial charge on any atom is -0.450 e. The lowest BCUT2D eigenvalue weighted by Crippen LogP contribution is -2.17. The second-order valence-electron chi connectivity index (χ2n) is 7.18. The molecule has 33 heavy (non-hydrogen) atoms. The Labute approximate surface area is 187 Å². The molecule has 0 aromatic heterocycles. The third kappa shape index (κ3) is 4.18. The third-order valence-corrected chi connectivity index (χ3v) is 5.01. The van der Waals surface area contributed by atoms with Crippen LogP contribution < -0.4 is 25.7 Å².